The van der Waals surface area contributed by atoms with E-state index in [4.69, 9.17) is 10.5 Å². The highest BCUT2D eigenvalue weighted by Crippen LogP contribution is 2.53. The average molecular weight is 438 g/mol. The third kappa shape index (κ3) is 3.68. The van der Waals surface area contributed by atoms with Crippen LogP contribution in [0.15, 0.2) is 54.0 Å². The van der Waals surface area contributed by atoms with Crippen LogP contribution in [0.4, 0.5) is 21.5 Å². The molecule has 0 amide bonds. The van der Waals surface area contributed by atoms with E-state index in [2.05, 4.69) is 37.6 Å². The molecule has 5 nitrogen and oxygen atoms in total. The lowest BCUT2D eigenvalue weighted by Crippen LogP contribution is -2.40. The number of halogens is 1. The monoisotopic (exact) mass is 437 g/mol. The normalized spacial score (nSPS) is 19.5. The van der Waals surface area contributed by atoms with E-state index >= 15 is 4.39 Å². The second-order valence-electron chi connectivity index (χ2n) is 8.64. The lowest BCUT2D eigenvalue weighted by Gasteiger charge is -2.41. The van der Waals surface area contributed by atoms with Crippen molar-refractivity contribution in [2.45, 2.75) is 52.0 Å². The summed E-state index contributed by atoms with van der Waals surface area (Å²) in [7, 11) is 0. The molecule has 1 atom stereocenters. The van der Waals surface area contributed by atoms with E-state index in [-0.39, 0.29) is 23.2 Å². The van der Waals surface area contributed by atoms with Crippen molar-refractivity contribution in [3.05, 3.63) is 65.4 Å². The van der Waals surface area contributed by atoms with E-state index in [1.165, 1.54) is 11.1 Å². The van der Waals surface area contributed by atoms with E-state index in [1.807, 2.05) is 11.8 Å². The van der Waals surface area contributed by atoms with E-state index in [9.17, 15) is 5.11 Å². The number of aliphatic hydroxyl groups excluding tert-OH is 1. The molecule has 1 aliphatic carbocycles. The fourth-order valence-electron chi connectivity index (χ4n) is 4.77. The Hall–Kier alpha value is -3.15. The Morgan fingerprint density at radius 1 is 1.44 bits per heavy atom. The first-order chi connectivity index (χ1) is 15.3. The maximum absolute atomic E-state index is 15.4. The summed E-state index contributed by atoms with van der Waals surface area (Å²) in [5.41, 5.74) is 11.5. The van der Waals surface area contributed by atoms with Gasteiger partial charge < -0.3 is 25.8 Å². The Labute approximate surface area is 189 Å². The number of rotatable bonds is 7. The summed E-state index contributed by atoms with van der Waals surface area (Å²) >= 11 is 0. The predicted molar refractivity (Wildman–Crippen MR) is 131 cm³/mol. The maximum Gasteiger partial charge on any atom is 0.173 e. The lowest BCUT2D eigenvalue weighted by molar-refractivity contribution is 0.277. The molecule has 0 fully saturated rings. The van der Waals surface area contributed by atoms with Gasteiger partial charge in [-0.15, -0.1) is 0 Å². The van der Waals surface area contributed by atoms with Crippen LogP contribution < -0.4 is 20.7 Å². The van der Waals surface area contributed by atoms with Crippen LogP contribution in [0.3, 0.4) is 0 Å². The molecule has 170 valence electrons. The van der Waals surface area contributed by atoms with Crippen molar-refractivity contribution in [2.24, 2.45) is 0 Å². The van der Waals surface area contributed by atoms with Gasteiger partial charge in [0.2, 0.25) is 0 Å². The molecular weight excluding hydrogens is 405 g/mol. The van der Waals surface area contributed by atoms with Crippen molar-refractivity contribution < 1.29 is 14.2 Å². The largest absolute Gasteiger partial charge is 0.508 e. The number of benzene rings is 1. The van der Waals surface area contributed by atoms with Crippen molar-refractivity contribution in [3.8, 4) is 5.75 Å². The van der Waals surface area contributed by atoms with Gasteiger partial charge in [0.25, 0.3) is 0 Å². The van der Waals surface area contributed by atoms with Gasteiger partial charge in [-0.05, 0) is 50.2 Å². The van der Waals surface area contributed by atoms with Gasteiger partial charge in [0.1, 0.15) is 18.1 Å². The van der Waals surface area contributed by atoms with Crippen molar-refractivity contribution in [1.29, 1.82) is 0 Å². The minimum atomic E-state index is -0.551. The third-order valence-corrected chi connectivity index (χ3v) is 6.55. The zero-order valence-corrected chi connectivity index (χ0v) is 18.9. The molecular formula is C26H32FN3O2. The molecule has 3 aliphatic rings. The van der Waals surface area contributed by atoms with Crippen LogP contribution in [-0.4, -0.2) is 24.3 Å². The standard InChI is InChI=1S/C26H32FN3O2/c1-5-18-9-6-7-10-19(18)11-8-12-29-24-22(27)23(28)21-16(3)20(17(4)31)13-30-15(2)14-32-26(24)25(21)30/h7,10,13,15,29,31H,3-6,8-9,11-12,14,28H2,1-2H3. The molecule has 1 aromatic carbocycles. The minimum absolute atomic E-state index is 0.00279. The number of nitrogens with zero attached hydrogens (tertiary/aromatic N) is 1. The third-order valence-electron chi connectivity index (χ3n) is 6.55. The topological polar surface area (TPSA) is 70.8 Å². The molecule has 4 rings (SSSR count). The number of nitrogens with one attached hydrogen (secondary N) is 1. The molecule has 0 saturated carbocycles. The summed E-state index contributed by atoms with van der Waals surface area (Å²) < 4.78 is 21.4. The smallest absolute Gasteiger partial charge is 0.173 e. The molecule has 0 radical (unpaired) electrons. The van der Waals surface area contributed by atoms with E-state index in [1.54, 1.807) is 6.20 Å². The van der Waals surface area contributed by atoms with Crippen molar-refractivity contribution in [2.75, 3.05) is 29.1 Å². The number of anilines is 3. The number of hydrogen-bond donors (Lipinski definition) is 3. The number of aliphatic hydroxyl groups is 1. The number of ether oxygens (including phenoxy) is 1. The van der Waals surface area contributed by atoms with Crippen LogP contribution in [0.1, 0.15) is 51.5 Å². The Balaban J connectivity index is 1.62. The van der Waals surface area contributed by atoms with Crippen molar-refractivity contribution >= 4 is 22.6 Å². The van der Waals surface area contributed by atoms with Gasteiger partial charge in [-0.2, -0.15) is 0 Å². The Bertz CT molecular complexity index is 1070. The molecule has 2 aliphatic heterocycles. The van der Waals surface area contributed by atoms with Gasteiger partial charge in [-0.25, -0.2) is 4.39 Å². The second-order valence-corrected chi connectivity index (χ2v) is 8.64. The highest BCUT2D eigenvalue weighted by molar-refractivity contribution is 6.01. The summed E-state index contributed by atoms with van der Waals surface area (Å²) in [6.07, 6.45) is 11.4. The molecule has 6 heteroatoms. The van der Waals surface area contributed by atoms with Crippen LogP contribution >= 0.6 is 0 Å². The van der Waals surface area contributed by atoms with Gasteiger partial charge in [-0.1, -0.05) is 37.8 Å². The summed E-state index contributed by atoms with van der Waals surface area (Å²) in [6, 6.07) is -0.0149. The van der Waals surface area contributed by atoms with Crippen LogP contribution in [0.5, 0.6) is 5.75 Å². The first-order valence-electron chi connectivity index (χ1n) is 11.3. The highest BCUT2D eigenvalue weighted by atomic mass is 19.1. The van der Waals surface area contributed by atoms with Crippen LogP contribution in [0.25, 0.3) is 5.57 Å². The van der Waals surface area contributed by atoms with Crippen molar-refractivity contribution in [1.82, 2.24) is 0 Å². The van der Waals surface area contributed by atoms with E-state index in [0.29, 0.717) is 41.3 Å². The van der Waals surface area contributed by atoms with Gasteiger partial charge in [0.05, 0.1) is 17.4 Å². The number of nitrogen functional groups attached to an aromatic ring is 1. The maximum atomic E-state index is 15.4. The summed E-state index contributed by atoms with van der Waals surface area (Å²) in [4.78, 5) is 1.96. The fraction of sp³-hybridized carbons (Fsp3) is 0.385. The fourth-order valence-corrected chi connectivity index (χ4v) is 4.77. The van der Waals surface area contributed by atoms with Crippen LogP contribution in [-0.2, 0) is 0 Å². The van der Waals surface area contributed by atoms with Crippen molar-refractivity contribution in [3.63, 3.8) is 0 Å². The quantitative estimate of drug-likeness (QED) is 0.268. The zero-order valence-electron chi connectivity index (χ0n) is 18.9. The second kappa shape index (κ2) is 8.77. The molecule has 0 aromatic heterocycles. The Kier molecular flexibility index (Phi) is 6.04. The first-order valence-corrected chi connectivity index (χ1v) is 11.3. The number of nitrogens with two attached hydrogens (primary N) is 1. The molecule has 0 saturated heterocycles. The van der Waals surface area contributed by atoms with Gasteiger partial charge in [0.15, 0.2) is 11.6 Å². The Morgan fingerprint density at radius 2 is 2.22 bits per heavy atom. The SMILES string of the molecule is C=C(O)C1=CN2c3c(c(NCCCC4=C(CC)CCC=C4)c(F)c(N)c3C1=C)OCC2C. The summed E-state index contributed by atoms with van der Waals surface area (Å²) in [6.45, 7) is 12.8. The van der Waals surface area contributed by atoms with Gasteiger partial charge in [0, 0.05) is 23.9 Å². The van der Waals surface area contributed by atoms with Crippen LogP contribution in [0, 0.1) is 5.82 Å². The number of hydrogen-bond acceptors (Lipinski definition) is 5. The molecule has 32 heavy (non-hydrogen) atoms. The summed E-state index contributed by atoms with van der Waals surface area (Å²) in [5, 5.41) is 13.3. The van der Waals surface area contributed by atoms with E-state index in [0.717, 1.165) is 32.1 Å². The number of allylic oxidation sites excluding steroid dienone is 5. The molecule has 0 bridgehead atoms. The van der Waals surface area contributed by atoms with Crippen LogP contribution in [0.2, 0.25) is 0 Å². The zero-order chi connectivity index (χ0) is 23.0. The van der Waals surface area contributed by atoms with Gasteiger partial charge >= 0.3 is 0 Å². The molecule has 0 spiro atoms. The predicted octanol–water partition coefficient (Wildman–Crippen LogP) is 6.23. The molecule has 4 N–H and O–H groups in total. The Morgan fingerprint density at radius 3 is 2.94 bits per heavy atom. The average Bonchev–Trinajstić information content (AvgIpc) is 2.78. The molecule has 1 aromatic rings. The molecule has 2 heterocycles. The van der Waals surface area contributed by atoms with Gasteiger partial charge in [-0.3, -0.25) is 0 Å². The van der Waals surface area contributed by atoms with E-state index < -0.39 is 5.82 Å². The lowest BCUT2D eigenvalue weighted by atomic mass is 9.89. The minimum Gasteiger partial charge on any atom is -0.508 e. The summed E-state index contributed by atoms with van der Waals surface area (Å²) in [5.74, 6) is -0.235. The first kappa shape index (κ1) is 22.1. The molecule has 1 unspecified atom stereocenters. The highest BCUT2D eigenvalue weighted by Gasteiger charge is 2.37.